The third-order valence-corrected chi connectivity index (χ3v) is 15.3. The Bertz CT molecular complexity index is 2850. The van der Waals surface area contributed by atoms with Gasteiger partial charge in [-0.15, -0.1) is 11.3 Å². The Kier molecular flexibility index (Phi) is 18.4. The number of fused-ring (bicyclic) bond motifs is 1. The number of nitrogens with one attached hydrogen (secondary N) is 3. The zero-order valence-corrected chi connectivity index (χ0v) is 44.5. The molecule has 74 heavy (non-hydrogen) atoms. The normalized spacial score (nSPS) is 17.8. The Morgan fingerprint density at radius 2 is 1.58 bits per heavy atom. The summed E-state index contributed by atoms with van der Waals surface area (Å²) in [6.45, 7) is 11.2. The maximum Gasteiger partial charge on any atom is 0.254 e. The molecule has 4 heterocycles. The molecular weight excluding hydrogens is 974 g/mol. The van der Waals surface area contributed by atoms with Gasteiger partial charge in [0.2, 0.25) is 11.8 Å². The van der Waals surface area contributed by atoms with E-state index in [1.54, 1.807) is 24.3 Å². The lowest BCUT2D eigenvalue weighted by Crippen LogP contribution is -2.46. The minimum Gasteiger partial charge on any atom is -0.476 e. The number of thiazole rings is 1. The third-order valence-electron chi connectivity index (χ3n) is 14.1. The van der Waals surface area contributed by atoms with Crippen LogP contribution < -0.4 is 25.6 Å². The van der Waals surface area contributed by atoms with Crippen LogP contribution in [0.5, 0.6) is 5.88 Å². The van der Waals surface area contributed by atoms with E-state index in [1.165, 1.54) is 4.90 Å². The van der Waals surface area contributed by atoms with Gasteiger partial charge < -0.3 is 40.1 Å². The predicted octanol–water partition coefficient (Wildman–Crippen LogP) is 10.9. The number of amides is 3. The lowest BCUT2D eigenvalue weighted by atomic mass is 9.88. The quantitative estimate of drug-likeness (QED) is 0.0449. The largest absolute Gasteiger partial charge is 0.476 e. The molecule has 4 N–H and O–H groups in total. The molecule has 2 aromatic heterocycles. The SMILES string of the molecule is CC(=O)N1c2ccc(-c3ccc(C(=O)NCCCCCCCCOc4cc([C@@H](C(=O)N5C[C@H](O)C[C@H]5C(=O)CNCc5ccc(-c6scnc6C)cc5)C(C)C)on4)cc3)cc2[C@H](Nc2ccc(Cl)cc2)C[C@@H]1C. The molecule has 14 nitrogen and oxygen atoms in total. The molecule has 0 aliphatic carbocycles. The summed E-state index contributed by atoms with van der Waals surface area (Å²) in [7, 11) is 0. The number of rotatable bonds is 23. The molecule has 16 heteroatoms. The number of Topliss-reactive ketones (excluding diaryl/α,β-unsaturated/α-hetero) is 1. The van der Waals surface area contributed by atoms with E-state index in [0.717, 1.165) is 94.7 Å². The number of anilines is 2. The Hall–Kier alpha value is -6.39. The molecule has 1 fully saturated rings. The first-order valence-corrected chi connectivity index (χ1v) is 27.1. The van der Waals surface area contributed by atoms with Crippen molar-refractivity contribution in [1.29, 1.82) is 0 Å². The molecule has 8 rings (SSSR count). The Labute approximate surface area is 443 Å². The smallest absolute Gasteiger partial charge is 0.254 e. The van der Waals surface area contributed by atoms with Crippen LogP contribution in [0, 0.1) is 12.8 Å². The van der Waals surface area contributed by atoms with Crippen molar-refractivity contribution >= 4 is 57.8 Å². The summed E-state index contributed by atoms with van der Waals surface area (Å²) >= 11 is 7.75. The topological polar surface area (TPSA) is 179 Å². The number of unbranched alkanes of at least 4 members (excludes halogenated alkanes) is 5. The number of benzene rings is 4. The number of aliphatic hydroxyl groups excluding tert-OH is 1. The number of aliphatic hydroxyl groups is 1. The van der Waals surface area contributed by atoms with Crippen LogP contribution in [0.3, 0.4) is 0 Å². The zero-order valence-electron chi connectivity index (χ0n) is 42.9. The molecule has 0 saturated carbocycles. The van der Waals surface area contributed by atoms with Gasteiger partial charge in [0.05, 0.1) is 47.4 Å². The van der Waals surface area contributed by atoms with Crippen molar-refractivity contribution < 1.29 is 33.5 Å². The van der Waals surface area contributed by atoms with Crippen LogP contribution in [0.4, 0.5) is 11.4 Å². The third kappa shape index (κ3) is 13.5. The van der Waals surface area contributed by atoms with E-state index in [4.69, 9.17) is 20.9 Å². The maximum absolute atomic E-state index is 14.1. The summed E-state index contributed by atoms with van der Waals surface area (Å²) < 4.78 is 11.6. The highest BCUT2D eigenvalue weighted by Gasteiger charge is 2.43. The fourth-order valence-corrected chi connectivity index (χ4v) is 11.1. The Balaban J connectivity index is 0.725. The first kappa shape index (κ1) is 53.9. The number of ketones is 1. The van der Waals surface area contributed by atoms with Crippen LogP contribution in [-0.4, -0.2) is 88.1 Å². The average Bonchev–Trinajstić information content (AvgIpc) is 4.15. The molecule has 0 spiro atoms. The lowest BCUT2D eigenvalue weighted by molar-refractivity contribution is -0.140. The minimum atomic E-state index is -0.796. The van der Waals surface area contributed by atoms with Gasteiger partial charge in [0.25, 0.3) is 11.8 Å². The standard InChI is InChI=1S/C58H68ClN7O7S/c1-36(2)55(58(71)65-34-47(68)30-51(65)52(69)33-60-32-40-12-14-42(15-13-40)56-38(4)62-35-74-56)53-31-54(64-73-53)72-27-11-9-7-6-8-10-26-61-57(70)43-18-16-41(17-19-43)44-20-25-50-48(29-44)49(28-37(3)66(50)39(5)67)63-46-23-21-45(59)22-24-46/h12-25,29,31,35-37,47,49,51,55,60,63,68H,6-11,26-28,30,32-34H2,1-5H3,(H,61,70)/t37-,47+,49+,51-,55-/m0/s1. The maximum atomic E-state index is 14.1. The van der Waals surface area contributed by atoms with Gasteiger partial charge in [-0.1, -0.05) is 93.6 Å². The van der Waals surface area contributed by atoms with Crippen LogP contribution in [0.1, 0.15) is 124 Å². The van der Waals surface area contributed by atoms with E-state index in [0.29, 0.717) is 41.9 Å². The number of hydrogen-bond donors (Lipinski definition) is 4. The van der Waals surface area contributed by atoms with Crippen LogP contribution in [0.25, 0.3) is 21.6 Å². The zero-order chi connectivity index (χ0) is 52.3. The van der Waals surface area contributed by atoms with Gasteiger partial charge in [-0.3, -0.25) is 19.2 Å². The first-order valence-electron chi connectivity index (χ1n) is 25.9. The highest BCUT2D eigenvalue weighted by molar-refractivity contribution is 7.13. The van der Waals surface area contributed by atoms with Crippen molar-refractivity contribution in [1.82, 2.24) is 25.7 Å². The molecule has 0 radical (unpaired) electrons. The first-order chi connectivity index (χ1) is 35.7. The number of aromatic nitrogens is 2. The van der Waals surface area contributed by atoms with Crippen molar-refractivity contribution in [3.63, 3.8) is 0 Å². The van der Waals surface area contributed by atoms with Crippen molar-refractivity contribution in [2.75, 3.05) is 36.5 Å². The molecule has 0 unspecified atom stereocenters. The van der Waals surface area contributed by atoms with Crippen LogP contribution in [0.2, 0.25) is 5.02 Å². The molecule has 390 valence electrons. The van der Waals surface area contributed by atoms with Gasteiger partial charge in [-0.2, -0.15) is 0 Å². The molecule has 6 aromatic rings. The van der Waals surface area contributed by atoms with Crippen molar-refractivity contribution in [2.24, 2.45) is 5.92 Å². The predicted molar refractivity (Wildman–Crippen MR) is 292 cm³/mol. The average molecular weight is 1040 g/mol. The van der Waals surface area contributed by atoms with E-state index in [9.17, 15) is 24.3 Å². The number of hydrogen-bond acceptors (Lipinski definition) is 12. The number of likely N-dealkylation sites (tertiary alicyclic amines) is 1. The summed E-state index contributed by atoms with van der Waals surface area (Å²) in [5, 5.41) is 25.3. The van der Waals surface area contributed by atoms with E-state index in [-0.39, 0.29) is 61.0 Å². The van der Waals surface area contributed by atoms with Crippen LogP contribution in [0.15, 0.2) is 107 Å². The highest BCUT2D eigenvalue weighted by Crippen LogP contribution is 2.42. The molecule has 3 amide bonds. The summed E-state index contributed by atoms with van der Waals surface area (Å²) in [6.07, 6.45) is 5.85. The molecular formula is C58H68ClN7O7S. The van der Waals surface area contributed by atoms with E-state index in [1.807, 2.05) is 104 Å². The summed E-state index contributed by atoms with van der Waals surface area (Å²) in [6, 6.07) is 30.6. The summed E-state index contributed by atoms with van der Waals surface area (Å²) in [4.78, 5) is 62.2. The number of nitrogens with zero attached hydrogens (tertiary/aromatic N) is 4. The van der Waals surface area contributed by atoms with Gasteiger partial charge in [0.15, 0.2) is 11.5 Å². The van der Waals surface area contributed by atoms with Gasteiger partial charge in [0.1, 0.15) is 5.92 Å². The van der Waals surface area contributed by atoms with E-state index < -0.39 is 18.1 Å². The molecule has 5 atom stereocenters. The monoisotopic (exact) mass is 1040 g/mol. The molecule has 2 aliphatic heterocycles. The van der Waals surface area contributed by atoms with Gasteiger partial charge in [-0.05, 0) is 121 Å². The lowest BCUT2D eigenvalue weighted by Gasteiger charge is -2.39. The van der Waals surface area contributed by atoms with Gasteiger partial charge in [0, 0.05) is 67.0 Å². The van der Waals surface area contributed by atoms with Gasteiger partial charge in [-0.25, -0.2) is 4.98 Å². The molecule has 4 aromatic carbocycles. The summed E-state index contributed by atoms with van der Waals surface area (Å²) in [5.74, 6) is -0.702. The number of ether oxygens (including phenoxy) is 1. The second kappa shape index (κ2) is 25.2. The van der Waals surface area contributed by atoms with Crippen molar-refractivity contribution in [3.8, 4) is 27.4 Å². The Morgan fingerprint density at radius 1 is 0.878 bits per heavy atom. The fourth-order valence-electron chi connectivity index (χ4n) is 10.2. The highest BCUT2D eigenvalue weighted by atomic mass is 35.5. The number of halogens is 1. The summed E-state index contributed by atoms with van der Waals surface area (Å²) in [5.41, 5.74) is 10.5. The van der Waals surface area contributed by atoms with Crippen molar-refractivity contribution in [3.05, 3.63) is 136 Å². The number of β-amino-alcohol motifs (C(OH)–C–C–N with tert-alkyl or cyclic N) is 1. The van der Waals surface area contributed by atoms with Crippen molar-refractivity contribution in [2.45, 2.75) is 123 Å². The minimum absolute atomic E-state index is 0.0101. The number of aryl methyl sites for hydroxylation is 1. The number of carbonyl (C=O) groups excluding carboxylic acids is 4. The van der Waals surface area contributed by atoms with Gasteiger partial charge >= 0.3 is 0 Å². The fraction of sp³-hybridized carbons (Fsp3) is 0.414. The second-order valence-corrected chi connectivity index (χ2v) is 21.3. The Morgan fingerprint density at radius 3 is 2.28 bits per heavy atom. The number of carbonyl (C=O) groups is 4. The van der Waals surface area contributed by atoms with Crippen LogP contribution in [-0.2, 0) is 20.9 Å². The van der Waals surface area contributed by atoms with E-state index in [2.05, 4.69) is 51.2 Å². The molecule has 2 aliphatic rings. The second-order valence-electron chi connectivity index (χ2n) is 20.0. The molecule has 0 bridgehead atoms. The van der Waals surface area contributed by atoms with Crippen LogP contribution >= 0.6 is 22.9 Å². The van der Waals surface area contributed by atoms with E-state index >= 15 is 0 Å². The molecule has 1 saturated heterocycles.